The van der Waals surface area contributed by atoms with Crippen LogP contribution in [0.3, 0.4) is 0 Å². The van der Waals surface area contributed by atoms with Crippen LogP contribution in [0.25, 0.3) is 11.1 Å². The summed E-state index contributed by atoms with van der Waals surface area (Å²) < 4.78 is 18.4. The maximum atomic E-state index is 5.64. The van der Waals surface area contributed by atoms with Crippen LogP contribution in [-0.4, -0.2) is 17.8 Å². The average molecular weight is 315 g/mol. The SMILES string of the molecule is CCOP(=S)(N/N=c1/oc2ccccc2n1C)OCC. The standard InChI is InChI=1S/C12H18N3O3PS/c1-4-16-19(20,17-5-2)14-13-12-15(3)10-8-6-7-9-11(10)18-12/h6-9H,4-5H2,1-3H3,(H,14,20)/b13-12+. The lowest BCUT2D eigenvalue weighted by molar-refractivity contribution is 0.257. The molecule has 2 rings (SSSR count). The number of hydrogen-bond donors (Lipinski definition) is 1. The highest BCUT2D eigenvalue weighted by Gasteiger charge is 2.17. The Bertz CT molecular complexity index is 685. The number of rotatable bonds is 6. The van der Waals surface area contributed by atoms with Gasteiger partial charge in [-0.25, -0.2) is 5.20 Å². The summed E-state index contributed by atoms with van der Waals surface area (Å²) >= 11 is 5.33. The molecule has 0 radical (unpaired) electrons. The summed E-state index contributed by atoms with van der Waals surface area (Å²) in [5, 5.41) is 7.00. The van der Waals surface area contributed by atoms with Crippen molar-refractivity contribution in [1.29, 1.82) is 0 Å². The van der Waals surface area contributed by atoms with Gasteiger partial charge in [0.05, 0.1) is 18.7 Å². The number of para-hydroxylation sites is 2. The topological polar surface area (TPSA) is 60.9 Å². The molecule has 0 amide bonds. The molecule has 0 spiro atoms. The van der Waals surface area contributed by atoms with Gasteiger partial charge in [0.25, 0.3) is 0 Å². The van der Waals surface area contributed by atoms with E-state index in [2.05, 4.69) is 10.3 Å². The van der Waals surface area contributed by atoms with Crippen LogP contribution in [0.15, 0.2) is 33.8 Å². The van der Waals surface area contributed by atoms with E-state index in [4.69, 9.17) is 25.3 Å². The molecule has 0 aliphatic carbocycles. The summed E-state index contributed by atoms with van der Waals surface area (Å²) in [7, 11) is 1.87. The molecule has 0 bridgehead atoms. The number of nitrogens with zero attached hydrogens (tertiary/aromatic N) is 2. The Kier molecular flexibility index (Phi) is 4.99. The normalized spacial score (nSPS) is 13.1. The second kappa shape index (κ2) is 6.54. The van der Waals surface area contributed by atoms with Crippen molar-refractivity contribution in [3.05, 3.63) is 29.9 Å². The van der Waals surface area contributed by atoms with E-state index >= 15 is 0 Å². The number of aromatic nitrogens is 1. The van der Waals surface area contributed by atoms with Gasteiger partial charge in [-0.2, -0.15) is 0 Å². The second-order valence-electron chi connectivity index (χ2n) is 3.96. The van der Waals surface area contributed by atoms with Crippen molar-refractivity contribution >= 4 is 29.5 Å². The Hall–Kier alpha value is -1.14. The number of aryl methyl sites for hydroxylation is 1. The van der Waals surface area contributed by atoms with E-state index in [1.54, 1.807) is 0 Å². The maximum absolute atomic E-state index is 5.64. The van der Waals surface area contributed by atoms with Crippen LogP contribution in [0, 0.1) is 0 Å². The zero-order chi connectivity index (χ0) is 14.6. The first kappa shape index (κ1) is 15.3. The van der Waals surface area contributed by atoms with Crippen molar-refractivity contribution < 1.29 is 13.5 Å². The molecule has 0 saturated carbocycles. The van der Waals surface area contributed by atoms with Gasteiger partial charge in [-0.15, -0.1) is 5.10 Å². The van der Waals surface area contributed by atoms with Crippen molar-refractivity contribution in [2.75, 3.05) is 13.2 Å². The fourth-order valence-electron chi connectivity index (χ4n) is 1.73. The minimum Gasteiger partial charge on any atom is -0.422 e. The van der Waals surface area contributed by atoms with Crippen LogP contribution in [0.2, 0.25) is 0 Å². The van der Waals surface area contributed by atoms with Gasteiger partial charge in [-0.05, 0) is 37.8 Å². The molecule has 0 unspecified atom stereocenters. The third-order valence-corrected chi connectivity index (χ3v) is 5.00. The first-order valence-electron chi connectivity index (χ1n) is 6.34. The molecule has 8 heteroatoms. The fraction of sp³-hybridized carbons (Fsp3) is 0.417. The predicted molar refractivity (Wildman–Crippen MR) is 81.4 cm³/mol. The molecule has 0 aliphatic heterocycles. The monoisotopic (exact) mass is 315 g/mol. The summed E-state index contributed by atoms with van der Waals surface area (Å²) in [5.74, 6) is 0. The lowest BCUT2D eigenvalue weighted by Gasteiger charge is -2.18. The maximum Gasteiger partial charge on any atom is 0.319 e. The third kappa shape index (κ3) is 3.30. The first-order valence-corrected chi connectivity index (χ1v) is 8.98. The van der Waals surface area contributed by atoms with Crippen LogP contribution >= 0.6 is 6.64 Å². The Labute approximate surface area is 122 Å². The Balaban J connectivity index is 2.33. The lowest BCUT2D eigenvalue weighted by Crippen LogP contribution is -2.18. The van der Waals surface area contributed by atoms with Gasteiger partial charge in [-0.3, -0.25) is 4.57 Å². The molecule has 2 aromatic rings. The molecule has 1 aromatic heterocycles. The largest absolute Gasteiger partial charge is 0.422 e. The first-order chi connectivity index (χ1) is 9.59. The number of hydrogen-bond acceptors (Lipinski definition) is 5. The molecule has 110 valence electrons. The van der Waals surface area contributed by atoms with E-state index in [1.165, 1.54) is 0 Å². The lowest BCUT2D eigenvalue weighted by atomic mass is 10.3. The van der Waals surface area contributed by atoms with Crippen molar-refractivity contribution in [1.82, 2.24) is 9.76 Å². The Morgan fingerprint density at radius 3 is 2.55 bits per heavy atom. The zero-order valence-electron chi connectivity index (χ0n) is 11.7. The van der Waals surface area contributed by atoms with E-state index in [0.717, 1.165) is 11.1 Å². The van der Waals surface area contributed by atoms with Gasteiger partial charge in [0.2, 0.25) is 0 Å². The highest BCUT2D eigenvalue weighted by atomic mass is 32.5. The Morgan fingerprint density at radius 1 is 1.30 bits per heavy atom. The van der Waals surface area contributed by atoms with E-state index in [0.29, 0.717) is 18.9 Å². The summed E-state index contributed by atoms with van der Waals surface area (Å²) in [5.41, 5.74) is 2.13. The molecule has 1 aromatic carbocycles. The number of nitrogens with one attached hydrogen (secondary N) is 1. The molecule has 1 N–H and O–H groups in total. The quantitative estimate of drug-likeness (QED) is 0.655. The molecule has 0 atom stereocenters. The fourth-order valence-corrected chi connectivity index (χ4v) is 3.56. The predicted octanol–water partition coefficient (Wildman–Crippen LogP) is 2.47. The smallest absolute Gasteiger partial charge is 0.319 e. The van der Waals surface area contributed by atoms with Crippen LogP contribution in [0.5, 0.6) is 0 Å². The molecule has 6 nitrogen and oxygen atoms in total. The average Bonchev–Trinajstić information content (AvgIpc) is 2.75. The Morgan fingerprint density at radius 2 is 1.95 bits per heavy atom. The van der Waals surface area contributed by atoms with Crippen molar-refractivity contribution in [3.63, 3.8) is 0 Å². The van der Waals surface area contributed by atoms with E-state index in [-0.39, 0.29) is 0 Å². The highest BCUT2D eigenvalue weighted by Crippen LogP contribution is 2.43. The van der Waals surface area contributed by atoms with Crippen LogP contribution in [-0.2, 0) is 27.9 Å². The molecular formula is C12H18N3O3PS. The van der Waals surface area contributed by atoms with Crippen molar-refractivity contribution in [3.8, 4) is 0 Å². The van der Waals surface area contributed by atoms with Gasteiger partial charge in [-0.1, -0.05) is 12.1 Å². The minimum absolute atomic E-state index is 0.417. The minimum atomic E-state index is -2.60. The van der Waals surface area contributed by atoms with Crippen molar-refractivity contribution in [2.45, 2.75) is 13.8 Å². The van der Waals surface area contributed by atoms with Gasteiger partial charge in [0.1, 0.15) is 0 Å². The summed E-state index contributed by atoms with van der Waals surface area (Å²) in [6.07, 6.45) is 0. The summed E-state index contributed by atoms with van der Waals surface area (Å²) in [4.78, 5) is 0. The van der Waals surface area contributed by atoms with Gasteiger partial charge < -0.3 is 13.5 Å². The molecule has 1 heterocycles. The van der Waals surface area contributed by atoms with E-state index in [9.17, 15) is 0 Å². The molecule has 0 saturated heterocycles. The highest BCUT2D eigenvalue weighted by molar-refractivity contribution is 8.08. The number of fused-ring (bicyclic) bond motifs is 1. The summed E-state index contributed by atoms with van der Waals surface area (Å²) in [6, 6.07) is 7.70. The second-order valence-corrected chi connectivity index (χ2v) is 7.11. The third-order valence-electron chi connectivity index (χ3n) is 2.58. The molecule has 0 aliphatic rings. The molecule has 20 heavy (non-hydrogen) atoms. The number of oxazole rings is 1. The van der Waals surface area contributed by atoms with Crippen LogP contribution < -0.4 is 10.9 Å². The van der Waals surface area contributed by atoms with Gasteiger partial charge >= 0.3 is 12.3 Å². The van der Waals surface area contributed by atoms with Crippen LogP contribution in [0.1, 0.15) is 13.8 Å². The number of benzene rings is 1. The van der Waals surface area contributed by atoms with E-state index in [1.807, 2.05) is 49.7 Å². The molecular weight excluding hydrogens is 297 g/mol. The van der Waals surface area contributed by atoms with Gasteiger partial charge in [0, 0.05) is 7.05 Å². The molecule has 0 fully saturated rings. The van der Waals surface area contributed by atoms with Crippen LogP contribution in [0.4, 0.5) is 0 Å². The van der Waals surface area contributed by atoms with E-state index < -0.39 is 6.64 Å². The summed E-state index contributed by atoms with van der Waals surface area (Å²) in [6.45, 7) is 2.05. The van der Waals surface area contributed by atoms with Crippen molar-refractivity contribution in [2.24, 2.45) is 12.1 Å². The zero-order valence-corrected chi connectivity index (χ0v) is 13.4. The van der Waals surface area contributed by atoms with Gasteiger partial charge in [0.15, 0.2) is 5.58 Å².